The van der Waals surface area contributed by atoms with Gasteiger partial charge in [0.2, 0.25) is 0 Å². The van der Waals surface area contributed by atoms with Crippen molar-refractivity contribution in [3.8, 4) is 0 Å². The van der Waals surface area contributed by atoms with Gasteiger partial charge in [-0.1, -0.05) is 23.7 Å². The van der Waals surface area contributed by atoms with Crippen molar-refractivity contribution in [3.05, 3.63) is 69.8 Å². The Labute approximate surface area is 126 Å². The van der Waals surface area contributed by atoms with E-state index in [1.807, 2.05) is 43.4 Å². The molecule has 1 atom stereocenters. The summed E-state index contributed by atoms with van der Waals surface area (Å²) in [5, 5.41) is 4.97. The molecule has 0 radical (unpaired) electrons. The molecule has 0 aliphatic rings. The quantitative estimate of drug-likeness (QED) is 0.718. The third-order valence-electron chi connectivity index (χ3n) is 3.27. The second kappa shape index (κ2) is 5.52. The molecular weight excluding hydrogens is 293 g/mol. The molecule has 0 saturated heterocycles. The van der Waals surface area contributed by atoms with Crippen molar-refractivity contribution in [2.45, 2.75) is 6.04 Å². The second-order valence-corrected chi connectivity index (χ2v) is 6.16. The Balaban J connectivity index is 2.04. The normalized spacial score (nSPS) is 12.8. The van der Waals surface area contributed by atoms with Crippen molar-refractivity contribution >= 4 is 33.0 Å². The van der Waals surface area contributed by atoms with E-state index in [-0.39, 0.29) is 11.9 Å². The maximum Gasteiger partial charge on any atom is 0.123 e. The minimum Gasteiger partial charge on any atom is -0.309 e. The Morgan fingerprint density at radius 1 is 1.10 bits per heavy atom. The first-order valence-corrected chi connectivity index (χ1v) is 7.48. The fraction of sp³-hybridized carbons (Fsp3) is 0.125. The lowest BCUT2D eigenvalue weighted by atomic mass is 10.1. The molecular formula is C16H13ClFNS. The van der Waals surface area contributed by atoms with Crippen LogP contribution in [0.25, 0.3) is 10.1 Å². The van der Waals surface area contributed by atoms with E-state index in [4.69, 9.17) is 11.6 Å². The molecule has 1 aromatic heterocycles. The van der Waals surface area contributed by atoms with E-state index < -0.39 is 0 Å². The van der Waals surface area contributed by atoms with E-state index in [0.29, 0.717) is 0 Å². The monoisotopic (exact) mass is 305 g/mol. The molecule has 1 unspecified atom stereocenters. The van der Waals surface area contributed by atoms with Crippen LogP contribution in [0.1, 0.15) is 16.5 Å². The van der Waals surface area contributed by atoms with Crippen LogP contribution < -0.4 is 5.32 Å². The van der Waals surface area contributed by atoms with Crippen molar-refractivity contribution in [2.75, 3.05) is 7.05 Å². The molecule has 0 amide bonds. The topological polar surface area (TPSA) is 12.0 Å². The molecule has 0 bridgehead atoms. The number of halogens is 2. The van der Waals surface area contributed by atoms with E-state index in [1.54, 1.807) is 17.4 Å². The molecule has 1 heterocycles. The van der Waals surface area contributed by atoms with Crippen molar-refractivity contribution in [2.24, 2.45) is 0 Å². The van der Waals surface area contributed by atoms with Gasteiger partial charge in [-0.15, -0.1) is 11.3 Å². The van der Waals surface area contributed by atoms with Gasteiger partial charge in [0.05, 0.1) is 6.04 Å². The molecule has 2 aromatic carbocycles. The molecule has 3 rings (SSSR count). The molecule has 1 N–H and O–H groups in total. The third-order valence-corrected chi connectivity index (χ3v) is 4.71. The summed E-state index contributed by atoms with van der Waals surface area (Å²) in [6, 6.07) is 14.8. The number of rotatable bonds is 3. The highest BCUT2D eigenvalue weighted by Gasteiger charge is 2.15. The number of thiophene rings is 1. The van der Waals surface area contributed by atoms with E-state index in [9.17, 15) is 4.39 Å². The van der Waals surface area contributed by atoms with Crippen LogP contribution in [0.15, 0.2) is 48.5 Å². The van der Waals surface area contributed by atoms with Gasteiger partial charge in [0, 0.05) is 14.6 Å². The zero-order valence-corrected chi connectivity index (χ0v) is 12.4. The summed E-state index contributed by atoms with van der Waals surface area (Å²) < 4.78 is 14.4. The summed E-state index contributed by atoms with van der Waals surface area (Å²) in [6.07, 6.45) is 0. The van der Waals surface area contributed by atoms with Gasteiger partial charge in [0.15, 0.2) is 0 Å². The average molecular weight is 306 g/mol. The zero-order chi connectivity index (χ0) is 14.1. The first kappa shape index (κ1) is 13.6. The van der Waals surface area contributed by atoms with Crippen LogP contribution in [0.4, 0.5) is 4.39 Å². The molecule has 4 heteroatoms. The lowest BCUT2D eigenvalue weighted by Gasteiger charge is -2.14. The Morgan fingerprint density at radius 2 is 1.85 bits per heavy atom. The highest BCUT2D eigenvalue weighted by Crippen LogP contribution is 2.33. The van der Waals surface area contributed by atoms with E-state index in [0.717, 1.165) is 25.5 Å². The summed E-state index contributed by atoms with van der Waals surface area (Å²) in [7, 11) is 1.92. The summed E-state index contributed by atoms with van der Waals surface area (Å²) >= 11 is 7.60. The first-order chi connectivity index (χ1) is 9.67. The lowest BCUT2D eigenvalue weighted by molar-refractivity contribution is 0.630. The molecule has 102 valence electrons. The molecule has 0 aliphatic carbocycles. The van der Waals surface area contributed by atoms with Gasteiger partial charge >= 0.3 is 0 Å². The van der Waals surface area contributed by atoms with Crippen LogP contribution in [-0.4, -0.2) is 7.05 Å². The minimum atomic E-state index is -0.200. The van der Waals surface area contributed by atoms with Gasteiger partial charge in [-0.25, -0.2) is 4.39 Å². The number of fused-ring (bicyclic) bond motifs is 1. The van der Waals surface area contributed by atoms with E-state index in [1.165, 1.54) is 6.07 Å². The van der Waals surface area contributed by atoms with Crippen molar-refractivity contribution in [1.82, 2.24) is 5.32 Å². The highest BCUT2D eigenvalue weighted by atomic mass is 35.5. The fourth-order valence-electron chi connectivity index (χ4n) is 2.31. The van der Waals surface area contributed by atoms with E-state index >= 15 is 0 Å². The van der Waals surface area contributed by atoms with Gasteiger partial charge < -0.3 is 5.32 Å². The van der Waals surface area contributed by atoms with Crippen LogP contribution in [0.2, 0.25) is 5.02 Å². The molecule has 3 aromatic rings. The summed E-state index contributed by atoms with van der Waals surface area (Å²) in [6.45, 7) is 0. The average Bonchev–Trinajstić information content (AvgIpc) is 2.84. The molecule has 0 aliphatic heterocycles. The van der Waals surface area contributed by atoms with Crippen LogP contribution in [0.5, 0.6) is 0 Å². The molecule has 0 saturated carbocycles. The minimum absolute atomic E-state index is 0.0905. The first-order valence-electron chi connectivity index (χ1n) is 6.29. The number of benzene rings is 2. The number of hydrogen-bond donors (Lipinski definition) is 1. The molecule has 0 spiro atoms. The number of nitrogens with one attached hydrogen (secondary N) is 1. The smallest absolute Gasteiger partial charge is 0.123 e. The molecule has 0 fully saturated rings. The summed E-state index contributed by atoms with van der Waals surface area (Å²) in [5.41, 5.74) is 1.14. The Hall–Kier alpha value is -1.42. The van der Waals surface area contributed by atoms with Crippen molar-refractivity contribution < 1.29 is 4.39 Å². The summed E-state index contributed by atoms with van der Waals surface area (Å²) in [4.78, 5) is 1.16. The lowest BCUT2D eigenvalue weighted by Crippen LogP contribution is -2.16. The Kier molecular flexibility index (Phi) is 3.74. The largest absolute Gasteiger partial charge is 0.309 e. The van der Waals surface area contributed by atoms with Gasteiger partial charge in [-0.2, -0.15) is 0 Å². The zero-order valence-electron chi connectivity index (χ0n) is 10.9. The van der Waals surface area contributed by atoms with Gasteiger partial charge in [0.25, 0.3) is 0 Å². The van der Waals surface area contributed by atoms with Gasteiger partial charge in [0.1, 0.15) is 5.82 Å². The number of hydrogen-bond acceptors (Lipinski definition) is 2. The predicted octanol–water partition coefficient (Wildman–Crippen LogP) is 5.00. The van der Waals surface area contributed by atoms with Gasteiger partial charge in [-0.05, 0) is 54.4 Å². The van der Waals surface area contributed by atoms with Crippen LogP contribution in [0, 0.1) is 5.82 Å². The Bertz CT molecular complexity index is 736. The van der Waals surface area contributed by atoms with Crippen LogP contribution in [0.3, 0.4) is 0 Å². The van der Waals surface area contributed by atoms with Crippen LogP contribution in [-0.2, 0) is 0 Å². The molecule has 1 nitrogen and oxygen atoms in total. The van der Waals surface area contributed by atoms with Gasteiger partial charge in [-0.3, -0.25) is 0 Å². The second-order valence-electron chi connectivity index (χ2n) is 4.60. The van der Waals surface area contributed by atoms with Crippen LogP contribution >= 0.6 is 22.9 Å². The standard InChI is InChI=1S/C16H13ClFNS/c1-19-16(10-2-4-12(17)5-3-10)15-9-11-8-13(18)6-7-14(11)20-15/h2-9,16,19H,1H3. The highest BCUT2D eigenvalue weighted by molar-refractivity contribution is 7.19. The molecule has 20 heavy (non-hydrogen) atoms. The fourth-order valence-corrected chi connectivity index (χ4v) is 3.61. The van der Waals surface area contributed by atoms with E-state index in [2.05, 4.69) is 5.32 Å². The maximum absolute atomic E-state index is 13.3. The van der Waals surface area contributed by atoms with Crippen molar-refractivity contribution in [1.29, 1.82) is 0 Å². The summed E-state index contributed by atoms with van der Waals surface area (Å²) in [5.74, 6) is -0.200. The maximum atomic E-state index is 13.3. The SMILES string of the molecule is CNC(c1ccc(Cl)cc1)c1cc2cc(F)ccc2s1. The van der Waals surface area contributed by atoms with Crippen molar-refractivity contribution in [3.63, 3.8) is 0 Å². The Morgan fingerprint density at radius 3 is 2.55 bits per heavy atom. The predicted molar refractivity (Wildman–Crippen MR) is 84.1 cm³/mol. The third kappa shape index (κ3) is 2.57.